The van der Waals surface area contributed by atoms with Crippen LogP contribution in [-0.2, 0) is 4.74 Å². The van der Waals surface area contributed by atoms with Crippen molar-refractivity contribution < 1.29 is 25.3 Å². The Labute approximate surface area is 175 Å². The molecule has 1 aliphatic heterocycles. The van der Waals surface area contributed by atoms with E-state index < -0.39 is 36.1 Å². The second-order valence-electron chi connectivity index (χ2n) is 7.36. The molecule has 4 rings (SSSR count). The third-order valence-electron chi connectivity index (χ3n) is 5.58. The van der Waals surface area contributed by atoms with E-state index in [4.69, 9.17) is 27.9 Å². The summed E-state index contributed by atoms with van der Waals surface area (Å²) in [5.74, 6) is -0.284. The largest absolute Gasteiger partial charge is 0.387 e. The van der Waals surface area contributed by atoms with Gasteiger partial charge in [0, 0.05) is 12.1 Å². The molecule has 0 amide bonds. The second kappa shape index (κ2) is 7.51. The lowest BCUT2D eigenvalue weighted by Crippen LogP contribution is -2.51. The van der Waals surface area contributed by atoms with Gasteiger partial charge in [-0.05, 0) is 19.4 Å². The van der Waals surface area contributed by atoms with E-state index in [0.717, 1.165) is 0 Å². The van der Waals surface area contributed by atoms with Crippen molar-refractivity contribution in [2.45, 2.75) is 43.5 Å². The van der Waals surface area contributed by atoms with Crippen LogP contribution in [0.25, 0.3) is 11.0 Å². The lowest BCUT2D eigenvalue weighted by atomic mass is 9.78. The summed E-state index contributed by atoms with van der Waals surface area (Å²) >= 11 is 12.1. The molecule has 9 nitrogen and oxygen atoms in total. The number of halogens is 2. The van der Waals surface area contributed by atoms with Crippen LogP contribution in [0, 0.1) is 5.92 Å². The number of hydrogen-bond acceptors (Lipinski definition) is 8. The first-order valence-corrected chi connectivity index (χ1v) is 9.70. The van der Waals surface area contributed by atoms with Crippen molar-refractivity contribution in [1.82, 2.24) is 14.5 Å². The van der Waals surface area contributed by atoms with Gasteiger partial charge in [-0.1, -0.05) is 35.4 Å². The van der Waals surface area contributed by atoms with Crippen LogP contribution in [0.4, 0.5) is 5.82 Å². The molecule has 11 heteroatoms. The van der Waals surface area contributed by atoms with Gasteiger partial charge in [-0.15, -0.1) is 0 Å². The third-order valence-corrected chi connectivity index (χ3v) is 6.37. The molecule has 0 aromatic carbocycles. The summed E-state index contributed by atoms with van der Waals surface area (Å²) in [5, 5.41) is 42.9. The van der Waals surface area contributed by atoms with Crippen LogP contribution in [0.2, 0.25) is 0 Å². The van der Waals surface area contributed by atoms with Gasteiger partial charge >= 0.3 is 0 Å². The normalized spacial score (nSPS) is 32.0. The van der Waals surface area contributed by atoms with Gasteiger partial charge in [0.1, 0.15) is 30.3 Å². The number of aromatic nitrogens is 3. The number of fused-ring (bicyclic) bond motifs is 1. The Bertz CT molecular complexity index is 992. The van der Waals surface area contributed by atoms with E-state index in [1.165, 1.54) is 17.8 Å². The number of nitrogens with zero attached hydrogens (tertiary/aromatic N) is 3. The van der Waals surface area contributed by atoms with E-state index in [2.05, 4.69) is 9.97 Å². The number of nitrogens with one attached hydrogen (secondary N) is 1. The number of ether oxygens (including phenoxy) is 1. The average Bonchev–Trinajstić information content (AvgIpc) is 3.25. The monoisotopic (exact) mass is 442 g/mol. The van der Waals surface area contributed by atoms with Crippen LogP contribution in [0.5, 0.6) is 0 Å². The molecule has 0 saturated carbocycles. The van der Waals surface area contributed by atoms with Crippen LogP contribution in [0.15, 0.2) is 40.8 Å². The van der Waals surface area contributed by atoms with Gasteiger partial charge < -0.3 is 24.6 Å². The van der Waals surface area contributed by atoms with Gasteiger partial charge in [-0.3, -0.25) is 10.7 Å². The molecular weight excluding hydrogens is 423 g/mol. The zero-order chi connectivity index (χ0) is 20.9. The SMILES string of the molecule is C[C@@](O)(C1C=C(Cl)C(Cl)=CC1)[C@H]1O[C@@H](n2ccc3c(NO)ncnc32)[C@H](O)[C@@H]1O. The molecule has 1 unspecified atom stereocenters. The summed E-state index contributed by atoms with van der Waals surface area (Å²) in [5.41, 5.74) is 0.821. The highest BCUT2D eigenvalue weighted by molar-refractivity contribution is 6.44. The van der Waals surface area contributed by atoms with Crippen LogP contribution in [-0.4, -0.2) is 59.0 Å². The highest BCUT2D eigenvalue weighted by Crippen LogP contribution is 2.43. The van der Waals surface area contributed by atoms with Crippen molar-refractivity contribution in [3.05, 3.63) is 40.8 Å². The molecule has 5 N–H and O–H groups in total. The number of rotatable bonds is 4. The summed E-state index contributed by atoms with van der Waals surface area (Å²) in [6.45, 7) is 1.53. The molecule has 6 atom stereocenters. The fourth-order valence-electron chi connectivity index (χ4n) is 3.91. The Morgan fingerprint density at radius 3 is 2.69 bits per heavy atom. The zero-order valence-corrected chi connectivity index (χ0v) is 16.8. The molecule has 1 aliphatic carbocycles. The van der Waals surface area contributed by atoms with E-state index in [-0.39, 0.29) is 5.82 Å². The molecular formula is C18H20Cl2N4O5. The first-order valence-electron chi connectivity index (χ1n) is 8.94. The van der Waals surface area contributed by atoms with Gasteiger partial charge in [-0.2, -0.15) is 0 Å². The average molecular weight is 443 g/mol. The summed E-state index contributed by atoms with van der Waals surface area (Å²) in [7, 11) is 0. The third kappa shape index (κ3) is 3.32. The van der Waals surface area contributed by atoms with E-state index in [1.54, 1.807) is 24.4 Å². The molecule has 1 fully saturated rings. The number of allylic oxidation sites excluding steroid dienone is 3. The highest BCUT2D eigenvalue weighted by atomic mass is 35.5. The summed E-state index contributed by atoms with van der Waals surface area (Å²) in [6.07, 6.45) is 1.75. The summed E-state index contributed by atoms with van der Waals surface area (Å²) < 4.78 is 7.45. The van der Waals surface area contributed by atoms with Crippen LogP contribution in [0.1, 0.15) is 19.6 Å². The first-order chi connectivity index (χ1) is 13.8. The van der Waals surface area contributed by atoms with E-state index >= 15 is 0 Å². The van der Waals surface area contributed by atoms with Crippen LogP contribution in [0.3, 0.4) is 0 Å². The standard InChI is InChI=1S/C18H20Cl2N4O5/c1-18(27,8-2-3-10(19)11(20)6-8)14-12(25)13(26)17(29-14)24-5-4-9-15(23-28)21-7-22-16(9)24/h3-8,12-14,17,25-28H,2H2,1H3,(H,21,22,23)/t8?,12-,13+,14-,17+,18+/m0/s1. The van der Waals surface area contributed by atoms with Crippen molar-refractivity contribution in [2.24, 2.45) is 5.92 Å². The maximum Gasteiger partial charge on any atom is 0.164 e. The Morgan fingerprint density at radius 2 is 2.00 bits per heavy atom. The molecule has 156 valence electrons. The van der Waals surface area contributed by atoms with E-state index in [1.807, 2.05) is 5.48 Å². The molecule has 29 heavy (non-hydrogen) atoms. The number of anilines is 1. The van der Waals surface area contributed by atoms with Gasteiger partial charge in [-0.25, -0.2) is 9.97 Å². The fourth-order valence-corrected chi connectivity index (χ4v) is 4.29. The summed E-state index contributed by atoms with van der Waals surface area (Å²) in [4.78, 5) is 8.08. The predicted molar refractivity (Wildman–Crippen MR) is 105 cm³/mol. The second-order valence-corrected chi connectivity index (χ2v) is 8.17. The fraction of sp³-hybridized carbons (Fsp3) is 0.444. The van der Waals surface area contributed by atoms with Crippen molar-refractivity contribution in [3.63, 3.8) is 0 Å². The van der Waals surface area contributed by atoms with Crippen molar-refractivity contribution >= 4 is 40.1 Å². The highest BCUT2D eigenvalue weighted by Gasteiger charge is 2.54. The van der Waals surface area contributed by atoms with Gasteiger partial charge in [0.15, 0.2) is 12.0 Å². The Morgan fingerprint density at radius 1 is 1.24 bits per heavy atom. The minimum atomic E-state index is -1.54. The molecule has 1 saturated heterocycles. The lowest BCUT2D eigenvalue weighted by molar-refractivity contribution is -0.148. The van der Waals surface area contributed by atoms with Gasteiger partial charge in [0.05, 0.1) is 21.1 Å². The smallest absolute Gasteiger partial charge is 0.164 e. The summed E-state index contributed by atoms with van der Waals surface area (Å²) in [6, 6.07) is 1.64. The van der Waals surface area contributed by atoms with Crippen LogP contribution < -0.4 is 5.48 Å². The van der Waals surface area contributed by atoms with E-state index in [9.17, 15) is 20.5 Å². The van der Waals surface area contributed by atoms with Crippen molar-refractivity contribution in [3.8, 4) is 0 Å². The van der Waals surface area contributed by atoms with E-state index in [0.29, 0.717) is 27.5 Å². The molecule has 2 aromatic rings. The predicted octanol–water partition coefficient (Wildman–Crippen LogP) is 1.87. The minimum absolute atomic E-state index is 0.191. The van der Waals surface area contributed by atoms with Crippen molar-refractivity contribution in [2.75, 3.05) is 5.48 Å². The van der Waals surface area contributed by atoms with Gasteiger partial charge in [0.25, 0.3) is 0 Å². The lowest BCUT2D eigenvalue weighted by Gasteiger charge is -2.38. The zero-order valence-electron chi connectivity index (χ0n) is 15.3. The van der Waals surface area contributed by atoms with Crippen molar-refractivity contribution in [1.29, 1.82) is 0 Å². The number of hydrogen-bond donors (Lipinski definition) is 5. The molecule has 0 bridgehead atoms. The maximum absolute atomic E-state index is 11.2. The minimum Gasteiger partial charge on any atom is -0.387 e. The Kier molecular flexibility index (Phi) is 5.32. The van der Waals surface area contributed by atoms with Gasteiger partial charge in [0.2, 0.25) is 0 Å². The maximum atomic E-state index is 11.2. The number of aliphatic hydroxyl groups is 3. The number of aliphatic hydroxyl groups excluding tert-OH is 2. The quantitative estimate of drug-likeness (QED) is 0.453. The molecule has 0 radical (unpaired) electrons. The molecule has 2 aliphatic rings. The van der Waals surface area contributed by atoms with Crippen LogP contribution >= 0.6 is 23.2 Å². The molecule has 0 spiro atoms. The Hall–Kier alpha value is -1.72. The molecule has 2 aromatic heterocycles. The topological polar surface area (TPSA) is 133 Å². The molecule has 3 heterocycles. The first kappa shape index (κ1) is 20.5. The Balaban J connectivity index is 1.65.